The highest BCUT2D eigenvalue weighted by Crippen LogP contribution is 2.33. The molecule has 156 valence electrons. The van der Waals surface area contributed by atoms with Gasteiger partial charge in [0.2, 0.25) is 0 Å². The summed E-state index contributed by atoms with van der Waals surface area (Å²) in [5, 5.41) is 6.89. The van der Waals surface area contributed by atoms with Crippen LogP contribution in [0.25, 0.3) is 0 Å². The van der Waals surface area contributed by atoms with Crippen molar-refractivity contribution < 1.29 is 9.47 Å². The number of hydrogen-bond acceptors (Lipinski definition) is 3. The van der Waals surface area contributed by atoms with E-state index >= 15 is 0 Å². The quantitative estimate of drug-likeness (QED) is 0.544. The fourth-order valence-corrected chi connectivity index (χ4v) is 3.72. The molecule has 0 spiro atoms. The SMILES string of the molecule is CCOc1cccc(CNC(=NC)NCC2CCCOC2c2ccc(C)cc2)c1. The average molecular weight is 396 g/mol. The first-order valence-electron chi connectivity index (χ1n) is 10.5. The van der Waals surface area contributed by atoms with Crippen LogP contribution in [0.2, 0.25) is 0 Å². The number of nitrogens with one attached hydrogen (secondary N) is 2. The van der Waals surface area contributed by atoms with Gasteiger partial charge in [-0.25, -0.2) is 0 Å². The van der Waals surface area contributed by atoms with E-state index in [2.05, 4.69) is 58.9 Å². The normalized spacial score (nSPS) is 19.6. The Bertz CT molecular complexity index is 789. The monoisotopic (exact) mass is 395 g/mol. The molecule has 2 unspecified atom stereocenters. The van der Waals surface area contributed by atoms with Gasteiger partial charge in [-0.3, -0.25) is 4.99 Å². The Hall–Kier alpha value is -2.53. The van der Waals surface area contributed by atoms with Crippen molar-refractivity contribution in [2.75, 3.05) is 26.8 Å². The lowest BCUT2D eigenvalue weighted by molar-refractivity contribution is -0.0265. The number of aryl methyl sites for hydroxylation is 1. The van der Waals surface area contributed by atoms with Crippen LogP contribution in [-0.2, 0) is 11.3 Å². The maximum Gasteiger partial charge on any atom is 0.191 e. The molecule has 5 nitrogen and oxygen atoms in total. The molecule has 0 saturated carbocycles. The number of rotatable bonds is 7. The molecule has 2 aromatic carbocycles. The molecular formula is C24H33N3O2. The molecule has 2 aromatic rings. The van der Waals surface area contributed by atoms with Crippen LogP contribution in [0.3, 0.4) is 0 Å². The summed E-state index contributed by atoms with van der Waals surface area (Å²) in [5.74, 6) is 2.13. The summed E-state index contributed by atoms with van der Waals surface area (Å²) in [6, 6.07) is 16.9. The van der Waals surface area contributed by atoms with Crippen LogP contribution < -0.4 is 15.4 Å². The van der Waals surface area contributed by atoms with E-state index in [9.17, 15) is 0 Å². The molecule has 2 N–H and O–H groups in total. The smallest absolute Gasteiger partial charge is 0.191 e. The van der Waals surface area contributed by atoms with Crippen LogP contribution >= 0.6 is 0 Å². The number of nitrogens with zero attached hydrogens (tertiary/aromatic N) is 1. The van der Waals surface area contributed by atoms with Crippen molar-refractivity contribution in [1.29, 1.82) is 0 Å². The lowest BCUT2D eigenvalue weighted by Gasteiger charge is -2.32. The van der Waals surface area contributed by atoms with Crippen LogP contribution in [-0.4, -0.2) is 32.8 Å². The van der Waals surface area contributed by atoms with Crippen LogP contribution in [0.15, 0.2) is 53.5 Å². The third kappa shape index (κ3) is 6.23. The molecule has 1 aliphatic rings. The van der Waals surface area contributed by atoms with Gasteiger partial charge in [-0.1, -0.05) is 42.0 Å². The van der Waals surface area contributed by atoms with E-state index in [1.54, 1.807) is 7.05 Å². The molecule has 0 amide bonds. The molecule has 1 heterocycles. The molecule has 1 saturated heterocycles. The van der Waals surface area contributed by atoms with Crippen molar-refractivity contribution in [3.63, 3.8) is 0 Å². The first-order valence-corrected chi connectivity index (χ1v) is 10.5. The van der Waals surface area contributed by atoms with E-state index < -0.39 is 0 Å². The lowest BCUT2D eigenvalue weighted by Crippen LogP contribution is -2.41. The Kier molecular flexibility index (Phi) is 7.94. The molecule has 5 heteroatoms. The van der Waals surface area contributed by atoms with Gasteiger partial charge in [-0.2, -0.15) is 0 Å². The Morgan fingerprint density at radius 1 is 1.17 bits per heavy atom. The molecule has 0 aromatic heterocycles. The van der Waals surface area contributed by atoms with Crippen LogP contribution in [0, 0.1) is 12.8 Å². The first kappa shape index (κ1) is 21.2. The zero-order valence-electron chi connectivity index (χ0n) is 17.8. The second-order valence-corrected chi connectivity index (χ2v) is 7.49. The van der Waals surface area contributed by atoms with Crippen molar-refractivity contribution in [3.05, 3.63) is 65.2 Å². The van der Waals surface area contributed by atoms with Gasteiger partial charge < -0.3 is 20.1 Å². The van der Waals surface area contributed by atoms with Gasteiger partial charge in [0.05, 0.1) is 12.7 Å². The second kappa shape index (κ2) is 10.9. The Morgan fingerprint density at radius 3 is 2.76 bits per heavy atom. The fraction of sp³-hybridized carbons (Fsp3) is 0.458. The fourth-order valence-electron chi connectivity index (χ4n) is 3.72. The van der Waals surface area contributed by atoms with E-state index in [4.69, 9.17) is 9.47 Å². The molecule has 0 bridgehead atoms. The molecular weight excluding hydrogens is 362 g/mol. The second-order valence-electron chi connectivity index (χ2n) is 7.49. The highest BCUT2D eigenvalue weighted by molar-refractivity contribution is 5.79. The van der Waals surface area contributed by atoms with E-state index in [1.165, 1.54) is 11.1 Å². The highest BCUT2D eigenvalue weighted by Gasteiger charge is 2.27. The van der Waals surface area contributed by atoms with E-state index in [0.717, 1.165) is 43.3 Å². The Balaban J connectivity index is 1.55. The minimum absolute atomic E-state index is 0.137. The predicted octanol–water partition coefficient (Wildman–Crippen LogP) is 4.23. The van der Waals surface area contributed by atoms with Crippen molar-refractivity contribution in [1.82, 2.24) is 10.6 Å². The van der Waals surface area contributed by atoms with Crippen LogP contribution in [0.5, 0.6) is 5.75 Å². The first-order chi connectivity index (χ1) is 14.2. The van der Waals surface area contributed by atoms with Gasteiger partial charge in [0.25, 0.3) is 0 Å². The third-order valence-electron chi connectivity index (χ3n) is 5.28. The summed E-state index contributed by atoms with van der Waals surface area (Å²) in [7, 11) is 1.81. The number of guanidine groups is 1. The van der Waals surface area contributed by atoms with Crippen molar-refractivity contribution >= 4 is 5.96 Å². The summed E-state index contributed by atoms with van der Waals surface area (Å²) < 4.78 is 11.7. The van der Waals surface area contributed by atoms with E-state index in [-0.39, 0.29) is 6.10 Å². The number of hydrogen-bond donors (Lipinski definition) is 2. The largest absolute Gasteiger partial charge is 0.494 e. The van der Waals surface area contributed by atoms with E-state index in [1.807, 2.05) is 19.1 Å². The molecule has 29 heavy (non-hydrogen) atoms. The molecule has 0 radical (unpaired) electrons. The van der Waals surface area contributed by atoms with Crippen LogP contribution in [0.4, 0.5) is 0 Å². The number of ether oxygens (including phenoxy) is 2. The summed E-state index contributed by atoms with van der Waals surface area (Å²) in [6.07, 6.45) is 2.39. The maximum absolute atomic E-state index is 6.13. The molecule has 0 aliphatic carbocycles. The summed E-state index contributed by atoms with van der Waals surface area (Å²) in [5.41, 5.74) is 3.70. The maximum atomic E-state index is 6.13. The summed E-state index contributed by atoms with van der Waals surface area (Å²) in [6.45, 7) is 7.14. The van der Waals surface area contributed by atoms with Crippen molar-refractivity contribution in [2.45, 2.75) is 39.3 Å². The standard InChI is InChI=1S/C24H33N3O2/c1-4-28-22-9-5-7-19(15-22)16-26-24(25-3)27-17-21-8-6-14-29-23(21)20-12-10-18(2)11-13-20/h5,7,9-13,15,21,23H,4,6,8,14,16-17H2,1-3H3,(H2,25,26,27). The van der Waals surface area contributed by atoms with Gasteiger partial charge in [0.15, 0.2) is 5.96 Å². The highest BCUT2D eigenvalue weighted by atomic mass is 16.5. The zero-order valence-corrected chi connectivity index (χ0v) is 17.8. The van der Waals surface area contributed by atoms with Gasteiger partial charge in [0, 0.05) is 32.7 Å². The predicted molar refractivity (Wildman–Crippen MR) is 118 cm³/mol. The minimum Gasteiger partial charge on any atom is -0.494 e. The van der Waals surface area contributed by atoms with Gasteiger partial charge in [-0.05, 0) is 49.9 Å². The number of aliphatic imine (C=N–C) groups is 1. The van der Waals surface area contributed by atoms with Crippen molar-refractivity contribution in [3.8, 4) is 5.75 Å². The third-order valence-corrected chi connectivity index (χ3v) is 5.28. The zero-order chi connectivity index (χ0) is 20.5. The van der Waals surface area contributed by atoms with E-state index in [0.29, 0.717) is 19.1 Å². The lowest BCUT2D eigenvalue weighted by atomic mass is 9.89. The molecule has 3 rings (SSSR count). The molecule has 1 fully saturated rings. The van der Waals surface area contributed by atoms with Gasteiger partial charge in [-0.15, -0.1) is 0 Å². The average Bonchev–Trinajstić information content (AvgIpc) is 2.75. The van der Waals surface area contributed by atoms with Gasteiger partial charge >= 0.3 is 0 Å². The number of benzene rings is 2. The Morgan fingerprint density at radius 2 is 2.00 bits per heavy atom. The minimum atomic E-state index is 0.137. The molecule has 1 aliphatic heterocycles. The van der Waals surface area contributed by atoms with Crippen molar-refractivity contribution in [2.24, 2.45) is 10.9 Å². The van der Waals surface area contributed by atoms with Gasteiger partial charge in [0.1, 0.15) is 5.75 Å². The molecule has 2 atom stereocenters. The topological polar surface area (TPSA) is 54.9 Å². The van der Waals surface area contributed by atoms with Crippen LogP contribution in [0.1, 0.15) is 42.6 Å². The Labute approximate surface area is 174 Å². The summed E-state index contributed by atoms with van der Waals surface area (Å²) >= 11 is 0. The summed E-state index contributed by atoms with van der Waals surface area (Å²) in [4.78, 5) is 4.38.